The van der Waals surface area contributed by atoms with Crippen molar-refractivity contribution >= 4 is 36.2 Å². The number of hydrogen-bond acceptors (Lipinski definition) is 6. The first-order valence-corrected chi connectivity index (χ1v) is 10.8. The average Bonchev–Trinajstić information content (AvgIpc) is 2.77. The van der Waals surface area contributed by atoms with Gasteiger partial charge in [0, 0.05) is 48.8 Å². The summed E-state index contributed by atoms with van der Waals surface area (Å²) in [5.74, 6) is -0.642. The van der Waals surface area contributed by atoms with Crippen LogP contribution < -0.4 is 10.3 Å². The van der Waals surface area contributed by atoms with Gasteiger partial charge in [-0.3, -0.25) is 9.79 Å². The van der Waals surface area contributed by atoms with E-state index in [1.165, 1.54) is 6.07 Å². The quantitative estimate of drug-likeness (QED) is 0.324. The lowest BCUT2D eigenvalue weighted by Gasteiger charge is -2.19. The molecule has 0 aliphatic carbocycles. The lowest BCUT2D eigenvalue weighted by molar-refractivity contribution is 0.0524. The van der Waals surface area contributed by atoms with Crippen LogP contribution in [0.15, 0.2) is 63.3 Å². The minimum Gasteiger partial charge on any atom is -0.462 e. The fourth-order valence-corrected chi connectivity index (χ4v) is 3.67. The third-order valence-corrected chi connectivity index (χ3v) is 5.70. The highest BCUT2D eigenvalue weighted by Gasteiger charge is 2.18. The van der Waals surface area contributed by atoms with Crippen molar-refractivity contribution in [3.05, 3.63) is 70.0 Å². The van der Waals surface area contributed by atoms with E-state index in [1.807, 2.05) is 73.8 Å². The normalized spacial score (nSPS) is 11.1. The van der Waals surface area contributed by atoms with Gasteiger partial charge in [-0.2, -0.15) is 0 Å². The molecule has 2 aromatic carbocycles. The minimum absolute atomic E-state index is 0.0173. The first-order valence-electron chi connectivity index (χ1n) is 10.3. The van der Waals surface area contributed by atoms with Crippen molar-refractivity contribution in [2.75, 3.05) is 25.6 Å². The van der Waals surface area contributed by atoms with E-state index >= 15 is 0 Å². The molecule has 1 heterocycles. The molecular weight excluding hydrogens is 422 g/mol. The second kappa shape index (κ2) is 9.87. The number of benzene rings is 2. The van der Waals surface area contributed by atoms with E-state index in [1.54, 1.807) is 19.3 Å². The maximum absolute atomic E-state index is 12.8. The molecule has 0 aliphatic heterocycles. The lowest BCUT2D eigenvalue weighted by Crippen LogP contribution is -2.20. The zero-order valence-electron chi connectivity index (χ0n) is 18.9. The lowest BCUT2D eigenvalue weighted by atomic mass is 10.1. The predicted octanol–water partition coefficient (Wildman–Crippen LogP) is 5.07. The fraction of sp³-hybridized carbons (Fsp3) is 0.240. The van der Waals surface area contributed by atoms with E-state index in [2.05, 4.69) is 17.6 Å². The van der Waals surface area contributed by atoms with Gasteiger partial charge in [0.25, 0.3) is 0 Å². The molecule has 6 nitrogen and oxygen atoms in total. The standard InChI is InChI=1S/C25H27N3O3S/c1-6-26-20-12-13-21(16(3)24(20)32)28-15-19(25(30)31-7-2)23(29)14-22(28)17-8-10-18(11-9-17)27(4)5/h6,8-15,32H,7H2,1-5H3. The molecule has 7 heteroatoms. The Morgan fingerprint density at radius 1 is 1.19 bits per heavy atom. The van der Waals surface area contributed by atoms with Crippen molar-refractivity contribution in [1.82, 2.24) is 4.57 Å². The summed E-state index contributed by atoms with van der Waals surface area (Å²) in [4.78, 5) is 32.3. The average molecular weight is 450 g/mol. The molecule has 0 fully saturated rings. The van der Waals surface area contributed by atoms with Crippen LogP contribution in [0.5, 0.6) is 0 Å². The van der Waals surface area contributed by atoms with Gasteiger partial charge in [-0.05, 0) is 56.2 Å². The van der Waals surface area contributed by atoms with Crippen LogP contribution in [0.25, 0.3) is 16.9 Å². The van der Waals surface area contributed by atoms with Crippen LogP contribution in [-0.2, 0) is 4.74 Å². The first kappa shape index (κ1) is 23.3. The summed E-state index contributed by atoms with van der Waals surface area (Å²) in [6, 6.07) is 13.1. The third kappa shape index (κ3) is 4.62. The van der Waals surface area contributed by atoms with Gasteiger partial charge in [0.1, 0.15) is 5.56 Å². The van der Waals surface area contributed by atoms with E-state index in [0.29, 0.717) is 5.69 Å². The smallest absolute Gasteiger partial charge is 0.343 e. The summed E-state index contributed by atoms with van der Waals surface area (Å²) in [6.07, 6.45) is 3.26. The van der Waals surface area contributed by atoms with Gasteiger partial charge in [-0.15, -0.1) is 12.6 Å². The van der Waals surface area contributed by atoms with Crippen molar-refractivity contribution in [3.63, 3.8) is 0 Å². The molecule has 0 N–H and O–H groups in total. The van der Waals surface area contributed by atoms with Crippen molar-refractivity contribution in [2.24, 2.45) is 4.99 Å². The van der Waals surface area contributed by atoms with Crippen LogP contribution in [0.3, 0.4) is 0 Å². The van der Waals surface area contributed by atoms with Crippen LogP contribution in [0.4, 0.5) is 11.4 Å². The summed E-state index contributed by atoms with van der Waals surface area (Å²) in [5.41, 5.74) is 4.57. The highest BCUT2D eigenvalue weighted by molar-refractivity contribution is 7.80. The highest BCUT2D eigenvalue weighted by atomic mass is 32.1. The zero-order valence-corrected chi connectivity index (χ0v) is 19.8. The molecule has 0 unspecified atom stereocenters. The molecular formula is C25H27N3O3S. The third-order valence-electron chi connectivity index (χ3n) is 5.13. The van der Waals surface area contributed by atoms with E-state index in [-0.39, 0.29) is 17.6 Å². The number of carbonyl (C=O) groups excluding carboxylic acids is 1. The topological polar surface area (TPSA) is 63.9 Å². The summed E-state index contributed by atoms with van der Waals surface area (Å²) in [6.45, 7) is 5.68. The van der Waals surface area contributed by atoms with Crippen molar-refractivity contribution < 1.29 is 9.53 Å². The van der Waals surface area contributed by atoms with Gasteiger partial charge in [0.15, 0.2) is 5.43 Å². The number of ether oxygens (including phenoxy) is 1. The van der Waals surface area contributed by atoms with Crippen LogP contribution in [0.2, 0.25) is 0 Å². The maximum Gasteiger partial charge on any atom is 0.343 e. The Balaban J connectivity index is 2.29. The molecule has 32 heavy (non-hydrogen) atoms. The fourth-order valence-electron chi connectivity index (χ4n) is 3.43. The molecule has 0 bridgehead atoms. The molecule has 0 saturated carbocycles. The molecule has 3 rings (SSSR count). The van der Waals surface area contributed by atoms with E-state index in [4.69, 9.17) is 4.74 Å². The summed E-state index contributed by atoms with van der Waals surface area (Å²) < 4.78 is 6.94. The molecule has 0 aliphatic rings. The number of rotatable bonds is 6. The number of anilines is 1. The number of aromatic nitrogens is 1. The van der Waals surface area contributed by atoms with Gasteiger partial charge in [-0.1, -0.05) is 12.1 Å². The highest BCUT2D eigenvalue weighted by Crippen LogP contribution is 2.33. The molecule has 0 radical (unpaired) electrons. The number of esters is 1. The first-order chi connectivity index (χ1) is 15.3. The van der Waals surface area contributed by atoms with Gasteiger partial charge < -0.3 is 14.2 Å². The maximum atomic E-state index is 12.8. The zero-order chi connectivity index (χ0) is 23.4. The Labute approximate surface area is 193 Å². The molecule has 0 spiro atoms. The van der Waals surface area contributed by atoms with Crippen LogP contribution in [0.1, 0.15) is 29.8 Å². The van der Waals surface area contributed by atoms with Crippen LogP contribution in [0, 0.1) is 6.92 Å². The Kier molecular flexibility index (Phi) is 7.20. The number of nitrogens with zero attached hydrogens (tertiary/aromatic N) is 3. The molecule has 0 atom stereocenters. The SMILES string of the molecule is CC=Nc1ccc(-n2cc(C(=O)OCC)c(=O)cc2-c2ccc(N(C)C)cc2)c(C)c1S. The minimum atomic E-state index is -0.642. The summed E-state index contributed by atoms with van der Waals surface area (Å²) in [5, 5.41) is 0. The van der Waals surface area contributed by atoms with Crippen LogP contribution >= 0.6 is 12.6 Å². The van der Waals surface area contributed by atoms with Crippen molar-refractivity contribution in [3.8, 4) is 16.9 Å². The Bertz CT molecular complexity index is 1230. The number of hydrogen-bond donors (Lipinski definition) is 1. The Hall–Kier alpha value is -3.32. The molecule has 0 amide bonds. The van der Waals surface area contributed by atoms with Gasteiger partial charge in [0.05, 0.1) is 18.0 Å². The van der Waals surface area contributed by atoms with E-state index in [0.717, 1.165) is 33.1 Å². The monoisotopic (exact) mass is 449 g/mol. The van der Waals surface area contributed by atoms with Gasteiger partial charge >= 0.3 is 5.97 Å². The second-order valence-electron chi connectivity index (χ2n) is 7.43. The molecule has 1 aromatic heterocycles. The predicted molar refractivity (Wildman–Crippen MR) is 134 cm³/mol. The Morgan fingerprint density at radius 2 is 1.88 bits per heavy atom. The molecule has 3 aromatic rings. The summed E-state index contributed by atoms with van der Waals surface area (Å²) >= 11 is 4.66. The number of thiol groups is 1. The van der Waals surface area contributed by atoms with Crippen molar-refractivity contribution in [1.29, 1.82) is 0 Å². The summed E-state index contributed by atoms with van der Waals surface area (Å²) in [7, 11) is 3.94. The van der Waals surface area contributed by atoms with E-state index in [9.17, 15) is 9.59 Å². The van der Waals surface area contributed by atoms with Crippen molar-refractivity contribution in [2.45, 2.75) is 25.7 Å². The van der Waals surface area contributed by atoms with Gasteiger partial charge in [0.2, 0.25) is 0 Å². The second-order valence-corrected chi connectivity index (χ2v) is 7.88. The molecule has 0 saturated heterocycles. The number of aliphatic imine (C=N–C) groups is 1. The molecule has 166 valence electrons. The van der Waals surface area contributed by atoms with Crippen LogP contribution in [-0.4, -0.2) is 37.5 Å². The van der Waals surface area contributed by atoms with Gasteiger partial charge in [-0.25, -0.2) is 4.79 Å². The number of carbonyl (C=O) groups is 1. The number of pyridine rings is 1. The van der Waals surface area contributed by atoms with E-state index < -0.39 is 5.97 Å². The Morgan fingerprint density at radius 3 is 2.47 bits per heavy atom. The largest absolute Gasteiger partial charge is 0.462 e.